The van der Waals surface area contributed by atoms with Gasteiger partial charge in [-0.3, -0.25) is 4.79 Å². The molecule has 1 rings (SSSR count). The highest BCUT2D eigenvalue weighted by molar-refractivity contribution is 8.12. The molecule has 0 radical (unpaired) electrons. The Bertz CT molecular complexity index is 483. The molecule has 0 bridgehead atoms. The van der Waals surface area contributed by atoms with Crippen LogP contribution in [0.15, 0.2) is 24.3 Å². The van der Waals surface area contributed by atoms with Crippen molar-refractivity contribution in [3.63, 3.8) is 0 Å². The quantitative estimate of drug-likeness (QED) is 0.770. The number of ether oxygens (including phenoxy) is 1. The standard InChI is InChI=1S/C9H10ClNO4S/c1-11(16(10,13)14)9(12)7-3-5-8(15-2)6-4-7/h3-6H,1-2H3. The number of hydrogen-bond acceptors (Lipinski definition) is 4. The van der Waals surface area contributed by atoms with Crippen molar-refractivity contribution in [3.05, 3.63) is 29.8 Å². The van der Waals surface area contributed by atoms with E-state index in [1.807, 2.05) is 0 Å². The van der Waals surface area contributed by atoms with E-state index in [4.69, 9.17) is 15.4 Å². The Morgan fingerprint density at radius 3 is 2.19 bits per heavy atom. The number of halogens is 1. The van der Waals surface area contributed by atoms with Crippen molar-refractivity contribution in [1.29, 1.82) is 0 Å². The van der Waals surface area contributed by atoms with Gasteiger partial charge in [0, 0.05) is 23.3 Å². The summed E-state index contributed by atoms with van der Waals surface area (Å²) in [6.07, 6.45) is 0. The lowest BCUT2D eigenvalue weighted by Crippen LogP contribution is -2.29. The first kappa shape index (κ1) is 12.8. The number of hydrogen-bond donors (Lipinski definition) is 0. The normalized spacial score (nSPS) is 10.9. The average molecular weight is 264 g/mol. The first-order chi connectivity index (χ1) is 7.36. The second kappa shape index (κ2) is 4.71. The number of carbonyl (C=O) groups excluding carboxylic acids is 1. The van der Waals surface area contributed by atoms with E-state index >= 15 is 0 Å². The van der Waals surface area contributed by atoms with Gasteiger partial charge < -0.3 is 4.74 Å². The van der Waals surface area contributed by atoms with Crippen molar-refractivity contribution in [2.75, 3.05) is 14.2 Å². The third-order valence-electron chi connectivity index (χ3n) is 1.95. The second-order valence-corrected chi connectivity index (χ2v) is 5.49. The number of amides is 1. The van der Waals surface area contributed by atoms with Gasteiger partial charge in [0.05, 0.1) is 7.11 Å². The lowest BCUT2D eigenvalue weighted by Gasteiger charge is -2.12. The fourth-order valence-electron chi connectivity index (χ4n) is 1.01. The van der Waals surface area contributed by atoms with Gasteiger partial charge >= 0.3 is 9.24 Å². The Labute approximate surface area is 98.1 Å². The van der Waals surface area contributed by atoms with E-state index in [-0.39, 0.29) is 5.56 Å². The molecule has 88 valence electrons. The summed E-state index contributed by atoms with van der Waals surface area (Å²) in [5, 5.41) is 0. The molecule has 1 amide bonds. The molecule has 0 aliphatic heterocycles. The highest BCUT2D eigenvalue weighted by atomic mass is 35.7. The number of benzene rings is 1. The van der Waals surface area contributed by atoms with Crippen LogP contribution in [-0.4, -0.2) is 32.8 Å². The van der Waals surface area contributed by atoms with Gasteiger partial charge in [-0.1, -0.05) is 0 Å². The van der Waals surface area contributed by atoms with Gasteiger partial charge in [-0.2, -0.15) is 8.42 Å². The zero-order chi connectivity index (χ0) is 12.3. The molecule has 7 heteroatoms. The molecular formula is C9H10ClNO4S. The van der Waals surface area contributed by atoms with Crippen molar-refractivity contribution in [3.8, 4) is 5.75 Å². The van der Waals surface area contributed by atoms with Crippen LogP contribution < -0.4 is 4.74 Å². The van der Waals surface area contributed by atoms with Crippen molar-refractivity contribution < 1.29 is 17.9 Å². The predicted molar refractivity (Wildman–Crippen MR) is 59.9 cm³/mol. The van der Waals surface area contributed by atoms with E-state index < -0.39 is 15.1 Å². The lowest BCUT2D eigenvalue weighted by molar-refractivity contribution is 0.0885. The molecule has 5 nitrogen and oxygen atoms in total. The summed E-state index contributed by atoms with van der Waals surface area (Å²) in [5.41, 5.74) is 0.215. The van der Waals surface area contributed by atoms with Crippen LogP contribution >= 0.6 is 10.7 Å². The van der Waals surface area contributed by atoms with Crippen LogP contribution in [0, 0.1) is 0 Å². The minimum Gasteiger partial charge on any atom is -0.497 e. The molecule has 0 aromatic heterocycles. The van der Waals surface area contributed by atoms with Crippen molar-refractivity contribution in [1.82, 2.24) is 4.31 Å². The maximum Gasteiger partial charge on any atom is 0.323 e. The third-order valence-corrected chi connectivity index (χ3v) is 3.39. The van der Waals surface area contributed by atoms with Gasteiger partial charge in [-0.25, -0.2) is 4.31 Å². The second-order valence-electron chi connectivity index (χ2n) is 2.94. The summed E-state index contributed by atoms with van der Waals surface area (Å²) in [6, 6.07) is 6.03. The predicted octanol–water partition coefficient (Wildman–Crippen LogP) is 1.25. The number of nitrogens with zero attached hydrogens (tertiary/aromatic N) is 1. The van der Waals surface area contributed by atoms with Gasteiger partial charge in [0.1, 0.15) is 5.75 Å². The van der Waals surface area contributed by atoms with Gasteiger partial charge in [-0.05, 0) is 24.3 Å². The SMILES string of the molecule is COc1ccc(C(=O)N(C)S(=O)(=O)Cl)cc1. The summed E-state index contributed by atoms with van der Waals surface area (Å²) in [5.74, 6) is -0.120. The minimum atomic E-state index is -4.04. The number of methoxy groups -OCH3 is 1. The molecule has 0 atom stereocenters. The Kier molecular flexibility index (Phi) is 3.77. The van der Waals surface area contributed by atoms with Crippen LogP contribution in [0.3, 0.4) is 0 Å². The molecule has 0 aliphatic carbocycles. The van der Waals surface area contributed by atoms with Crippen molar-refractivity contribution in [2.24, 2.45) is 0 Å². The highest BCUT2D eigenvalue weighted by Gasteiger charge is 2.21. The first-order valence-electron chi connectivity index (χ1n) is 4.23. The zero-order valence-electron chi connectivity index (χ0n) is 8.68. The third kappa shape index (κ3) is 2.86. The lowest BCUT2D eigenvalue weighted by atomic mass is 10.2. The molecule has 0 fully saturated rings. The monoisotopic (exact) mass is 263 g/mol. The molecule has 0 aliphatic rings. The molecule has 0 heterocycles. The fraction of sp³-hybridized carbons (Fsp3) is 0.222. The molecule has 1 aromatic carbocycles. The molecule has 0 unspecified atom stereocenters. The van der Waals surface area contributed by atoms with E-state index in [9.17, 15) is 13.2 Å². The topological polar surface area (TPSA) is 63.7 Å². The van der Waals surface area contributed by atoms with E-state index in [0.29, 0.717) is 10.1 Å². The summed E-state index contributed by atoms with van der Waals surface area (Å²) in [6.45, 7) is 0. The summed E-state index contributed by atoms with van der Waals surface area (Å²) >= 11 is 0. The summed E-state index contributed by atoms with van der Waals surface area (Å²) in [7, 11) is 3.58. The first-order valence-corrected chi connectivity index (χ1v) is 6.50. The van der Waals surface area contributed by atoms with Gasteiger partial charge in [0.15, 0.2) is 0 Å². The van der Waals surface area contributed by atoms with Crippen LogP contribution in [0.5, 0.6) is 5.75 Å². The largest absolute Gasteiger partial charge is 0.497 e. The Hall–Kier alpha value is -1.27. The number of carbonyl (C=O) groups is 1. The van der Waals surface area contributed by atoms with E-state index in [2.05, 4.69) is 0 Å². The molecule has 0 saturated heterocycles. The molecule has 1 aromatic rings. The maximum atomic E-state index is 11.6. The van der Waals surface area contributed by atoms with Crippen LogP contribution in [0.2, 0.25) is 0 Å². The smallest absolute Gasteiger partial charge is 0.323 e. The maximum absolute atomic E-state index is 11.6. The van der Waals surface area contributed by atoms with Crippen LogP contribution in [0.25, 0.3) is 0 Å². The van der Waals surface area contributed by atoms with E-state index in [1.165, 1.54) is 19.2 Å². The minimum absolute atomic E-state index is 0.215. The number of rotatable bonds is 3. The zero-order valence-corrected chi connectivity index (χ0v) is 10.2. The highest BCUT2D eigenvalue weighted by Crippen LogP contribution is 2.14. The molecule has 0 spiro atoms. The van der Waals surface area contributed by atoms with Crippen LogP contribution in [0.1, 0.15) is 10.4 Å². The van der Waals surface area contributed by atoms with Crippen LogP contribution in [0.4, 0.5) is 0 Å². The van der Waals surface area contributed by atoms with E-state index in [0.717, 1.165) is 7.05 Å². The van der Waals surface area contributed by atoms with Gasteiger partial charge in [-0.15, -0.1) is 0 Å². The molecule has 16 heavy (non-hydrogen) atoms. The summed E-state index contributed by atoms with van der Waals surface area (Å²) < 4.78 is 27.2. The van der Waals surface area contributed by atoms with Gasteiger partial charge in [0.25, 0.3) is 5.91 Å². The van der Waals surface area contributed by atoms with Gasteiger partial charge in [0.2, 0.25) is 0 Å². The average Bonchev–Trinajstić information content (AvgIpc) is 2.26. The van der Waals surface area contributed by atoms with Crippen LogP contribution in [-0.2, 0) is 9.24 Å². The molecule has 0 saturated carbocycles. The Morgan fingerprint density at radius 1 is 1.31 bits per heavy atom. The molecular weight excluding hydrogens is 254 g/mol. The van der Waals surface area contributed by atoms with Crippen molar-refractivity contribution >= 4 is 25.8 Å². The fourth-order valence-corrected chi connectivity index (χ4v) is 1.51. The Morgan fingerprint density at radius 2 is 1.81 bits per heavy atom. The molecule has 0 N–H and O–H groups in total. The Balaban J connectivity index is 2.97. The summed E-state index contributed by atoms with van der Waals surface area (Å²) in [4.78, 5) is 11.6. The van der Waals surface area contributed by atoms with E-state index in [1.54, 1.807) is 12.1 Å². The van der Waals surface area contributed by atoms with Crippen molar-refractivity contribution in [2.45, 2.75) is 0 Å².